The third-order valence-electron chi connectivity index (χ3n) is 4.18. The molecular formula is C18H20N2O3S. The molecule has 2 aromatic rings. The van der Waals surface area contributed by atoms with Gasteiger partial charge in [0, 0.05) is 27.6 Å². The van der Waals surface area contributed by atoms with Crippen LogP contribution in [-0.2, 0) is 17.2 Å². The number of amides is 2. The summed E-state index contributed by atoms with van der Waals surface area (Å²) in [6, 6.07) is 12.7. The van der Waals surface area contributed by atoms with Gasteiger partial charge in [0.25, 0.3) is 0 Å². The van der Waals surface area contributed by atoms with Crippen LogP contribution in [0.4, 0.5) is 10.5 Å². The van der Waals surface area contributed by atoms with Crippen LogP contribution in [0.2, 0.25) is 0 Å². The first-order chi connectivity index (χ1) is 11.6. The van der Waals surface area contributed by atoms with Gasteiger partial charge in [-0.3, -0.25) is 4.21 Å². The van der Waals surface area contributed by atoms with E-state index in [4.69, 9.17) is 4.74 Å². The number of carbonyl (C=O) groups is 1. The molecule has 0 aromatic heterocycles. The van der Waals surface area contributed by atoms with Crippen molar-refractivity contribution in [3.05, 3.63) is 53.6 Å². The van der Waals surface area contributed by atoms with Gasteiger partial charge >= 0.3 is 6.03 Å². The van der Waals surface area contributed by atoms with E-state index >= 15 is 0 Å². The van der Waals surface area contributed by atoms with Crippen molar-refractivity contribution in [1.29, 1.82) is 0 Å². The number of fused-ring (bicyclic) bond motifs is 1. The van der Waals surface area contributed by atoms with Crippen LogP contribution in [0.25, 0.3) is 0 Å². The van der Waals surface area contributed by atoms with E-state index in [0.717, 1.165) is 29.7 Å². The number of nitrogens with one attached hydrogen (secondary N) is 2. The molecule has 0 fully saturated rings. The van der Waals surface area contributed by atoms with E-state index in [2.05, 4.69) is 10.6 Å². The Hall–Kier alpha value is -2.34. The lowest BCUT2D eigenvalue weighted by Crippen LogP contribution is -2.31. The number of anilines is 1. The molecule has 3 rings (SSSR count). The molecule has 24 heavy (non-hydrogen) atoms. The zero-order chi connectivity index (χ0) is 17.1. The van der Waals surface area contributed by atoms with Gasteiger partial charge in [0.15, 0.2) is 0 Å². The van der Waals surface area contributed by atoms with E-state index in [9.17, 15) is 9.00 Å². The third kappa shape index (κ3) is 3.43. The Morgan fingerprint density at radius 2 is 2.04 bits per heavy atom. The topological polar surface area (TPSA) is 67.4 Å². The van der Waals surface area contributed by atoms with Crippen LogP contribution in [0, 0.1) is 0 Å². The highest BCUT2D eigenvalue weighted by atomic mass is 32.2. The quantitative estimate of drug-likeness (QED) is 0.895. The lowest BCUT2D eigenvalue weighted by Gasteiger charge is -2.15. The molecule has 0 saturated heterocycles. The molecule has 0 aliphatic heterocycles. The Morgan fingerprint density at radius 1 is 1.25 bits per heavy atom. The predicted molar refractivity (Wildman–Crippen MR) is 95.0 cm³/mol. The molecule has 0 heterocycles. The molecule has 1 aliphatic rings. The number of carbonyl (C=O) groups excluding carboxylic acids is 1. The molecule has 2 amide bonds. The van der Waals surface area contributed by atoms with Crippen molar-refractivity contribution in [2.45, 2.75) is 23.8 Å². The number of benzene rings is 2. The molecule has 6 heteroatoms. The van der Waals surface area contributed by atoms with Gasteiger partial charge in [-0.15, -0.1) is 0 Å². The maximum absolute atomic E-state index is 12.3. The first-order valence-electron chi connectivity index (χ1n) is 7.75. The second kappa shape index (κ2) is 7.05. The SMILES string of the molecule is COc1cccc2c1CC[C@@H]2NC(=O)Nc1cccc([S@@](C)=O)c1. The summed E-state index contributed by atoms with van der Waals surface area (Å²) in [6.07, 6.45) is 3.35. The molecule has 0 saturated carbocycles. The summed E-state index contributed by atoms with van der Waals surface area (Å²) in [6.45, 7) is 0. The zero-order valence-electron chi connectivity index (χ0n) is 13.7. The number of methoxy groups -OCH3 is 1. The van der Waals surface area contributed by atoms with Crippen LogP contribution < -0.4 is 15.4 Å². The van der Waals surface area contributed by atoms with Crippen molar-refractivity contribution in [2.75, 3.05) is 18.7 Å². The summed E-state index contributed by atoms with van der Waals surface area (Å²) >= 11 is 0. The number of urea groups is 1. The average Bonchev–Trinajstić information content (AvgIpc) is 2.98. The molecule has 0 radical (unpaired) electrons. The first kappa shape index (κ1) is 16.5. The molecule has 5 nitrogen and oxygen atoms in total. The van der Waals surface area contributed by atoms with Crippen molar-refractivity contribution < 1.29 is 13.7 Å². The van der Waals surface area contributed by atoms with Crippen molar-refractivity contribution in [1.82, 2.24) is 5.32 Å². The number of ether oxygens (including phenoxy) is 1. The summed E-state index contributed by atoms with van der Waals surface area (Å²) in [5.41, 5.74) is 2.89. The maximum atomic E-state index is 12.3. The summed E-state index contributed by atoms with van der Waals surface area (Å²) in [4.78, 5) is 13.0. The standard InChI is InChI=1S/C18H20N2O3S/c1-23-17-8-4-7-14-15(17)9-10-16(14)20-18(21)19-12-5-3-6-13(11-12)24(2)22/h3-8,11,16H,9-10H2,1-2H3,(H2,19,20,21)/t16-,24+/m0/s1. The largest absolute Gasteiger partial charge is 0.496 e. The van der Waals surface area contributed by atoms with E-state index in [1.165, 1.54) is 0 Å². The number of hydrogen-bond acceptors (Lipinski definition) is 3. The minimum atomic E-state index is -1.08. The smallest absolute Gasteiger partial charge is 0.319 e. The molecule has 0 spiro atoms. The van der Waals surface area contributed by atoms with Crippen LogP contribution in [0.3, 0.4) is 0 Å². The minimum absolute atomic E-state index is 0.0291. The lowest BCUT2D eigenvalue weighted by atomic mass is 10.1. The molecule has 2 aromatic carbocycles. The van der Waals surface area contributed by atoms with Crippen LogP contribution in [-0.4, -0.2) is 23.6 Å². The maximum Gasteiger partial charge on any atom is 0.319 e. The van der Waals surface area contributed by atoms with E-state index in [1.54, 1.807) is 37.6 Å². The Morgan fingerprint density at radius 3 is 2.79 bits per heavy atom. The normalized spacial score (nSPS) is 17.0. The van der Waals surface area contributed by atoms with Crippen LogP contribution in [0.5, 0.6) is 5.75 Å². The molecule has 0 unspecified atom stereocenters. The molecule has 1 aliphatic carbocycles. The summed E-state index contributed by atoms with van der Waals surface area (Å²) in [7, 11) is 0.583. The van der Waals surface area contributed by atoms with Gasteiger partial charge in [-0.05, 0) is 48.2 Å². The minimum Gasteiger partial charge on any atom is -0.496 e. The van der Waals surface area contributed by atoms with Gasteiger partial charge in [0.1, 0.15) is 5.75 Å². The second-order valence-electron chi connectivity index (χ2n) is 5.70. The fourth-order valence-electron chi connectivity index (χ4n) is 3.04. The highest BCUT2D eigenvalue weighted by Crippen LogP contribution is 2.36. The predicted octanol–water partition coefficient (Wildman–Crippen LogP) is 3.24. The van der Waals surface area contributed by atoms with Gasteiger partial charge in [0.05, 0.1) is 13.2 Å². The number of rotatable bonds is 4. The molecule has 2 N–H and O–H groups in total. The third-order valence-corrected chi connectivity index (χ3v) is 5.09. The zero-order valence-corrected chi connectivity index (χ0v) is 14.5. The Kier molecular flexibility index (Phi) is 4.85. The van der Waals surface area contributed by atoms with Gasteiger partial charge in [-0.25, -0.2) is 4.79 Å². The fourth-order valence-corrected chi connectivity index (χ4v) is 3.60. The van der Waals surface area contributed by atoms with Crippen molar-refractivity contribution in [3.8, 4) is 5.75 Å². The monoisotopic (exact) mass is 344 g/mol. The summed E-state index contributed by atoms with van der Waals surface area (Å²) in [5.74, 6) is 0.871. The van der Waals surface area contributed by atoms with E-state index < -0.39 is 10.8 Å². The summed E-state index contributed by atoms with van der Waals surface area (Å²) < 4.78 is 16.9. The molecular weight excluding hydrogens is 324 g/mol. The Balaban J connectivity index is 1.69. The first-order valence-corrected chi connectivity index (χ1v) is 9.31. The van der Waals surface area contributed by atoms with Crippen LogP contribution >= 0.6 is 0 Å². The van der Waals surface area contributed by atoms with Crippen LogP contribution in [0.1, 0.15) is 23.6 Å². The molecule has 2 atom stereocenters. The van der Waals surface area contributed by atoms with Gasteiger partial charge in [-0.2, -0.15) is 0 Å². The van der Waals surface area contributed by atoms with Gasteiger partial charge in [-0.1, -0.05) is 18.2 Å². The second-order valence-corrected chi connectivity index (χ2v) is 7.08. The van der Waals surface area contributed by atoms with E-state index in [1.807, 2.05) is 18.2 Å². The highest BCUT2D eigenvalue weighted by Gasteiger charge is 2.26. The van der Waals surface area contributed by atoms with Crippen molar-refractivity contribution >= 4 is 22.5 Å². The van der Waals surface area contributed by atoms with Crippen molar-refractivity contribution in [3.63, 3.8) is 0 Å². The Labute approximate surface area is 143 Å². The van der Waals surface area contributed by atoms with Gasteiger partial charge in [0.2, 0.25) is 0 Å². The van der Waals surface area contributed by atoms with Gasteiger partial charge < -0.3 is 15.4 Å². The van der Waals surface area contributed by atoms with Crippen molar-refractivity contribution in [2.24, 2.45) is 0 Å². The fraction of sp³-hybridized carbons (Fsp3) is 0.278. The highest BCUT2D eigenvalue weighted by molar-refractivity contribution is 7.84. The van der Waals surface area contributed by atoms with E-state index in [-0.39, 0.29) is 12.1 Å². The van der Waals surface area contributed by atoms with E-state index in [0.29, 0.717) is 10.6 Å². The number of hydrogen-bond donors (Lipinski definition) is 2. The lowest BCUT2D eigenvalue weighted by molar-refractivity contribution is 0.248. The average molecular weight is 344 g/mol. The molecule has 0 bridgehead atoms. The van der Waals surface area contributed by atoms with Crippen LogP contribution in [0.15, 0.2) is 47.4 Å². The Bertz CT molecular complexity index is 792. The summed E-state index contributed by atoms with van der Waals surface area (Å²) in [5, 5.41) is 5.81. The molecule has 126 valence electrons.